The zero-order valence-corrected chi connectivity index (χ0v) is 19.2. The summed E-state index contributed by atoms with van der Waals surface area (Å²) in [4.78, 5) is 2.19. The van der Waals surface area contributed by atoms with E-state index in [0.29, 0.717) is 46.8 Å². The van der Waals surface area contributed by atoms with E-state index in [4.69, 9.17) is 27.9 Å². The molecule has 3 aromatic rings. The molecule has 2 heterocycles. The summed E-state index contributed by atoms with van der Waals surface area (Å²) >= 11 is 12.8. The molecule has 0 saturated carbocycles. The fraction of sp³-hybridized carbons (Fsp3) is 0.391. The number of nitrogens with zero attached hydrogens (tertiary/aromatic N) is 4. The van der Waals surface area contributed by atoms with Crippen LogP contribution in [0.15, 0.2) is 30.3 Å². The maximum Gasteiger partial charge on any atom is 0.167 e. The highest BCUT2D eigenvalue weighted by molar-refractivity contribution is 6.35. The van der Waals surface area contributed by atoms with Gasteiger partial charge < -0.3 is 9.84 Å². The molecular weight excluding hydrogens is 454 g/mol. The Kier molecular flexibility index (Phi) is 5.61. The Hall–Kier alpha value is -2.19. The second kappa shape index (κ2) is 8.30. The van der Waals surface area contributed by atoms with E-state index in [0.717, 1.165) is 17.7 Å². The molecule has 0 bridgehead atoms. The third kappa shape index (κ3) is 3.77. The molecule has 168 valence electrons. The molecule has 0 unspecified atom stereocenters. The number of rotatable bonds is 4. The van der Waals surface area contributed by atoms with Gasteiger partial charge in [-0.05, 0) is 56.5 Å². The van der Waals surface area contributed by atoms with Crippen molar-refractivity contribution < 1.29 is 14.2 Å². The van der Waals surface area contributed by atoms with Gasteiger partial charge in [-0.1, -0.05) is 23.2 Å². The summed E-state index contributed by atoms with van der Waals surface area (Å²) in [6.07, 6.45) is 0.533. The molecule has 0 amide bonds. The molecule has 6 nitrogen and oxygen atoms in total. The van der Waals surface area contributed by atoms with Crippen molar-refractivity contribution in [2.45, 2.75) is 44.9 Å². The van der Waals surface area contributed by atoms with Gasteiger partial charge in [-0.2, -0.15) is 0 Å². The summed E-state index contributed by atoms with van der Waals surface area (Å²) in [7, 11) is 0. The lowest BCUT2D eigenvalue weighted by Crippen LogP contribution is -2.39. The SMILES string of the molecule is Cc1nnc(C)n1-c1ccc(O[C@@H]2c3cc(Cl)cc(Cl)c3C[C@@H]2N2CC[C@H](O)C2)c(F)c1. The maximum absolute atomic E-state index is 15.2. The van der Waals surface area contributed by atoms with Gasteiger partial charge in [-0.15, -0.1) is 10.2 Å². The molecule has 5 rings (SSSR count). The van der Waals surface area contributed by atoms with Gasteiger partial charge in [-0.25, -0.2) is 4.39 Å². The Morgan fingerprint density at radius 2 is 1.88 bits per heavy atom. The molecule has 2 aliphatic rings. The van der Waals surface area contributed by atoms with E-state index in [-0.39, 0.29) is 17.9 Å². The number of aliphatic hydroxyl groups excluding tert-OH is 1. The first-order valence-corrected chi connectivity index (χ1v) is 11.3. The molecule has 9 heteroatoms. The van der Waals surface area contributed by atoms with Gasteiger partial charge in [0.25, 0.3) is 0 Å². The largest absolute Gasteiger partial charge is 0.481 e. The number of hydrogen-bond donors (Lipinski definition) is 1. The van der Waals surface area contributed by atoms with E-state index in [1.165, 1.54) is 6.07 Å². The van der Waals surface area contributed by atoms with Crippen LogP contribution in [0.25, 0.3) is 5.69 Å². The topological polar surface area (TPSA) is 63.4 Å². The number of likely N-dealkylation sites (tertiary alicyclic amines) is 1. The molecule has 2 aromatic carbocycles. The Balaban J connectivity index is 1.50. The first kappa shape index (κ1) is 21.6. The molecule has 1 fully saturated rings. The molecule has 1 aromatic heterocycles. The summed E-state index contributed by atoms with van der Waals surface area (Å²) in [6, 6.07) is 8.34. The summed E-state index contributed by atoms with van der Waals surface area (Å²) in [5.74, 6) is 1.03. The third-order valence-electron chi connectivity index (χ3n) is 6.34. The van der Waals surface area contributed by atoms with Crippen molar-refractivity contribution in [3.8, 4) is 11.4 Å². The lowest BCUT2D eigenvalue weighted by Gasteiger charge is -2.30. The molecule has 3 atom stereocenters. The molecule has 1 saturated heterocycles. The van der Waals surface area contributed by atoms with Crippen molar-refractivity contribution in [3.05, 3.63) is 69.0 Å². The molecule has 0 spiro atoms. The van der Waals surface area contributed by atoms with Crippen molar-refractivity contribution in [1.82, 2.24) is 19.7 Å². The molecular formula is C23H23Cl2FN4O2. The minimum atomic E-state index is -0.475. The fourth-order valence-corrected chi connectivity index (χ4v) is 5.44. The highest BCUT2D eigenvalue weighted by Crippen LogP contribution is 2.43. The average Bonchev–Trinajstić information content (AvgIpc) is 3.41. The summed E-state index contributed by atoms with van der Waals surface area (Å²) in [5, 5.41) is 19.2. The molecule has 1 aliphatic carbocycles. The number of aliphatic hydroxyl groups is 1. The number of β-amino-alcohol motifs (C(OH)–C–C–N with tert-alkyl or cyclic N) is 1. The summed E-state index contributed by atoms with van der Waals surface area (Å²) < 4.78 is 23.2. The van der Waals surface area contributed by atoms with Crippen LogP contribution in [0.5, 0.6) is 5.75 Å². The van der Waals surface area contributed by atoms with Crippen LogP contribution in [0, 0.1) is 19.7 Å². The zero-order chi connectivity index (χ0) is 22.6. The number of aryl methyl sites for hydroxylation is 2. The Labute approximate surface area is 195 Å². The number of benzene rings is 2. The quantitative estimate of drug-likeness (QED) is 0.602. The predicted molar refractivity (Wildman–Crippen MR) is 120 cm³/mol. The Bertz CT molecular complexity index is 1170. The first-order chi connectivity index (χ1) is 15.3. The van der Waals surface area contributed by atoms with E-state index >= 15 is 4.39 Å². The van der Waals surface area contributed by atoms with Crippen molar-refractivity contribution in [3.63, 3.8) is 0 Å². The van der Waals surface area contributed by atoms with Crippen LogP contribution in [-0.4, -0.2) is 50.0 Å². The van der Waals surface area contributed by atoms with Gasteiger partial charge >= 0.3 is 0 Å². The first-order valence-electron chi connectivity index (χ1n) is 10.6. The van der Waals surface area contributed by atoms with Gasteiger partial charge in [0, 0.05) is 34.8 Å². The van der Waals surface area contributed by atoms with Crippen LogP contribution in [-0.2, 0) is 6.42 Å². The predicted octanol–water partition coefficient (Wildman–Crippen LogP) is 4.44. The van der Waals surface area contributed by atoms with Crippen LogP contribution in [0.3, 0.4) is 0 Å². The highest BCUT2D eigenvalue weighted by atomic mass is 35.5. The van der Waals surface area contributed by atoms with Crippen LogP contribution >= 0.6 is 23.2 Å². The Morgan fingerprint density at radius 1 is 1.12 bits per heavy atom. The molecule has 1 N–H and O–H groups in total. The van der Waals surface area contributed by atoms with E-state index in [9.17, 15) is 5.11 Å². The number of aromatic nitrogens is 3. The Morgan fingerprint density at radius 3 is 2.53 bits per heavy atom. The molecule has 0 radical (unpaired) electrons. The van der Waals surface area contributed by atoms with Crippen LogP contribution in [0.4, 0.5) is 4.39 Å². The van der Waals surface area contributed by atoms with Crippen molar-refractivity contribution in [2.24, 2.45) is 0 Å². The number of halogens is 3. The molecule has 1 aliphatic heterocycles. The summed E-state index contributed by atoms with van der Waals surface area (Å²) in [5.41, 5.74) is 2.45. The number of hydrogen-bond acceptors (Lipinski definition) is 5. The number of fused-ring (bicyclic) bond motifs is 1. The van der Waals surface area contributed by atoms with Gasteiger partial charge in [0.05, 0.1) is 17.8 Å². The average molecular weight is 477 g/mol. The third-order valence-corrected chi connectivity index (χ3v) is 6.90. The zero-order valence-electron chi connectivity index (χ0n) is 17.7. The van der Waals surface area contributed by atoms with E-state index in [1.807, 2.05) is 19.9 Å². The fourth-order valence-electron chi connectivity index (χ4n) is 4.85. The van der Waals surface area contributed by atoms with Crippen LogP contribution < -0.4 is 4.74 Å². The normalized spacial score (nSPS) is 23.0. The van der Waals surface area contributed by atoms with E-state index in [2.05, 4.69) is 15.1 Å². The summed E-state index contributed by atoms with van der Waals surface area (Å²) in [6.45, 7) is 4.94. The van der Waals surface area contributed by atoms with Crippen LogP contribution in [0.2, 0.25) is 10.0 Å². The van der Waals surface area contributed by atoms with Gasteiger partial charge in [0.1, 0.15) is 17.8 Å². The number of ether oxygens (including phenoxy) is 1. The smallest absolute Gasteiger partial charge is 0.167 e. The van der Waals surface area contributed by atoms with Gasteiger partial charge in [-0.3, -0.25) is 9.47 Å². The minimum Gasteiger partial charge on any atom is -0.481 e. The second-order valence-electron chi connectivity index (χ2n) is 8.45. The maximum atomic E-state index is 15.2. The lowest BCUT2D eigenvalue weighted by molar-refractivity contribution is 0.0790. The van der Waals surface area contributed by atoms with Gasteiger partial charge in [0.15, 0.2) is 11.6 Å². The van der Waals surface area contributed by atoms with Gasteiger partial charge in [0.2, 0.25) is 0 Å². The van der Waals surface area contributed by atoms with Crippen molar-refractivity contribution in [2.75, 3.05) is 13.1 Å². The van der Waals surface area contributed by atoms with Crippen molar-refractivity contribution in [1.29, 1.82) is 0 Å². The van der Waals surface area contributed by atoms with E-state index < -0.39 is 11.9 Å². The monoisotopic (exact) mass is 476 g/mol. The van der Waals surface area contributed by atoms with E-state index in [1.54, 1.807) is 22.8 Å². The second-order valence-corrected chi connectivity index (χ2v) is 9.29. The highest BCUT2D eigenvalue weighted by Gasteiger charge is 2.42. The van der Waals surface area contributed by atoms with Crippen LogP contribution in [0.1, 0.15) is 35.3 Å². The standard InChI is InChI=1S/C23H23Cl2FN4O2/c1-12-27-28-13(2)30(12)15-3-4-22(20(26)9-15)32-23-18-7-14(24)8-19(25)17(18)10-21(23)29-6-5-16(31)11-29/h3-4,7-9,16,21,23,31H,5-6,10-11H2,1-2H3/t16-,21-,23+/m0/s1. The minimum absolute atomic E-state index is 0.0699. The van der Waals surface area contributed by atoms with Crippen molar-refractivity contribution >= 4 is 23.2 Å². The lowest BCUT2D eigenvalue weighted by atomic mass is 10.1. The molecule has 32 heavy (non-hydrogen) atoms.